The fourth-order valence-corrected chi connectivity index (χ4v) is 2.69. The van der Waals surface area contributed by atoms with Crippen LogP contribution in [0.1, 0.15) is 23.0 Å². The third kappa shape index (κ3) is 2.32. The first kappa shape index (κ1) is 12.9. The molecule has 1 heterocycles. The highest BCUT2D eigenvalue weighted by atomic mass is 16.5. The van der Waals surface area contributed by atoms with Crippen molar-refractivity contribution in [1.29, 1.82) is 0 Å². The van der Waals surface area contributed by atoms with Crippen LogP contribution < -0.4 is 15.8 Å². The van der Waals surface area contributed by atoms with Crippen LogP contribution in [0.3, 0.4) is 0 Å². The van der Waals surface area contributed by atoms with Crippen LogP contribution in [-0.2, 0) is 6.42 Å². The molecule has 20 heavy (non-hydrogen) atoms. The Morgan fingerprint density at radius 1 is 1.30 bits per heavy atom. The SMILES string of the molecule is COc1cc(NC2c3ccccc3CC2N)nc(C)n1. The third-order valence-electron chi connectivity index (χ3n) is 3.60. The molecule has 3 rings (SSSR count). The standard InChI is InChI=1S/C15H18N4O/c1-9-17-13(8-14(18-9)20-2)19-15-11-6-4-3-5-10(11)7-12(15)16/h3-6,8,12,15H,7,16H2,1-2H3,(H,17,18,19). The van der Waals surface area contributed by atoms with Crippen LogP contribution >= 0.6 is 0 Å². The zero-order valence-corrected chi connectivity index (χ0v) is 11.6. The highest BCUT2D eigenvalue weighted by Crippen LogP contribution is 2.32. The summed E-state index contributed by atoms with van der Waals surface area (Å²) in [6.07, 6.45) is 0.884. The Balaban J connectivity index is 1.90. The van der Waals surface area contributed by atoms with Gasteiger partial charge in [-0.25, -0.2) is 4.98 Å². The Kier molecular flexibility index (Phi) is 3.28. The molecule has 1 aliphatic carbocycles. The van der Waals surface area contributed by atoms with E-state index in [9.17, 15) is 0 Å². The molecule has 3 N–H and O–H groups in total. The summed E-state index contributed by atoms with van der Waals surface area (Å²) in [6.45, 7) is 1.84. The molecule has 0 fully saturated rings. The molecular formula is C15H18N4O. The molecule has 0 amide bonds. The summed E-state index contributed by atoms with van der Waals surface area (Å²) in [6, 6.07) is 10.2. The molecule has 5 nitrogen and oxygen atoms in total. The lowest BCUT2D eigenvalue weighted by atomic mass is 10.1. The highest BCUT2D eigenvalue weighted by Gasteiger charge is 2.29. The van der Waals surface area contributed by atoms with Crippen LogP contribution in [0.25, 0.3) is 0 Å². The predicted molar refractivity (Wildman–Crippen MR) is 77.8 cm³/mol. The lowest BCUT2D eigenvalue weighted by Gasteiger charge is -2.19. The maximum atomic E-state index is 6.25. The van der Waals surface area contributed by atoms with E-state index in [0.29, 0.717) is 11.7 Å². The highest BCUT2D eigenvalue weighted by molar-refractivity contribution is 5.46. The van der Waals surface area contributed by atoms with Gasteiger partial charge in [0.25, 0.3) is 0 Å². The van der Waals surface area contributed by atoms with E-state index in [1.807, 2.05) is 19.1 Å². The largest absolute Gasteiger partial charge is 0.481 e. The molecule has 1 aromatic carbocycles. The molecule has 2 aromatic rings. The Morgan fingerprint density at radius 3 is 2.90 bits per heavy atom. The average Bonchev–Trinajstić information content (AvgIpc) is 2.75. The van der Waals surface area contributed by atoms with Crippen LogP contribution in [0.4, 0.5) is 5.82 Å². The van der Waals surface area contributed by atoms with Gasteiger partial charge in [0.1, 0.15) is 11.6 Å². The number of nitrogens with one attached hydrogen (secondary N) is 1. The van der Waals surface area contributed by atoms with E-state index in [0.717, 1.165) is 12.2 Å². The number of fused-ring (bicyclic) bond motifs is 1. The summed E-state index contributed by atoms with van der Waals surface area (Å²) >= 11 is 0. The Labute approximate surface area is 118 Å². The summed E-state index contributed by atoms with van der Waals surface area (Å²) in [4.78, 5) is 8.58. The minimum Gasteiger partial charge on any atom is -0.481 e. The number of anilines is 1. The zero-order valence-electron chi connectivity index (χ0n) is 11.6. The van der Waals surface area contributed by atoms with E-state index in [4.69, 9.17) is 10.5 Å². The second-order valence-corrected chi connectivity index (χ2v) is 5.03. The lowest BCUT2D eigenvalue weighted by Crippen LogP contribution is -2.30. The van der Waals surface area contributed by atoms with Gasteiger partial charge >= 0.3 is 0 Å². The monoisotopic (exact) mass is 270 g/mol. The van der Waals surface area contributed by atoms with Crippen molar-refractivity contribution in [3.63, 3.8) is 0 Å². The van der Waals surface area contributed by atoms with Gasteiger partial charge in [0.15, 0.2) is 0 Å². The maximum absolute atomic E-state index is 6.25. The molecule has 0 spiro atoms. The minimum absolute atomic E-state index is 0.0497. The van der Waals surface area contributed by atoms with Crippen molar-refractivity contribution in [3.05, 3.63) is 47.3 Å². The normalized spacial score (nSPS) is 20.6. The van der Waals surface area contributed by atoms with Crippen molar-refractivity contribution in [2.45, 2.75) is 25.4 Å². The van der Waals surface area contributed by atoms with Gasteiger partial charge in [-0.05, 0) is 24.5 Å². The van der Waals surface area contributed by atoms with Gasteiger partial charge < -0.3 is 15.8 Å². The van der Waals surface area contributed by atoms with E-state index < -0.39 is 0 Å². The third-order valence-corrected chi connectivity index (χ3v) is 3.60. The van der Waals surface area contributed by atoms with Crippen molar-refractivity contribution in [1.82, 2.24) is 9.97 Å². The van der Waals surface area contributed by atoms with Crippen LogP contribution in [0.5, 0.6) is 5.88 Å². The summed E-state index contributed by atoms with van der Waals surface area (Å²) in [5.41, 5.74) is 8.80. The zero-order chi connectivity index (χ0) is 14.1. The van der Waals surface area contributed by atoms with Gasteiger partial charge in [0.05, 0.1) is 13.2 Å². The maximum Gasteiger partial charge on any atom is 0.218 e. The fourth-order valence-electron chi connectivity index (χ4n) is 2.69. The van der Waals surface area contributed by atoms with E-state index >= 15 is 0 Å². The van der Waals surface area contributed by atoms with E-state index in [-0.39, 0.29) is 12.1 Å². The Bertz CT molecular complexity index is 629. The topological polar surface area (TPSA) is 73.1 Å². The van der Waals surface area contributed by atoms with Crippen molar-refractivity contribution in [2.24, 2.45) is 5.73 Å². The molecule has 1 aliphatic rings. The molecule has 0 aliphatic heterocycles. The number of aryl methyl sites for hydroxylation is 1. The van der Waals surface area contributed by atoms with Crippen LogP contribution in [-0.4, -0.2) is 23.1 Å². The molecule has 2 unspecified atom stereocenters. The molecule has 0 saturated carbocycles. The summed E-state index contributed by atoms with van der Waals surface area (Å²) < 4.78 is 5.17. The van der Waals surface area contributed by atoms with Crippen molar-refractivity contribution in [3.8, 4) is 5.88 Å². The second kappa shape index (κ2) is 5.09. The number of nitrogens with zero attached hydrogens (tertiary/aromatic N) is 2. The first-order chi connectivity index (χ1) is 9.67. The van der Waals surface area contributed by atoms with Gasteiger partial charge in [0, 0.05) is 12.1 Å². The predicted octanol–water partition coefficient (Wildman–Crippen LogP) is 1.83. The first-order valence-electron chi connectivity index (χ1n) is 6.67. The van der Waals surface area contributed by atoms with Gasteiger partial charge in [-0.1, -0.05) is 24.3 Å². The van der Waals surface area contributed by atoms with Crippen LogP contribution in [0.15, 0.2) is 30.3 Å². The fraction of sp³-hybridized carbons (Fsp3) is 0.333. The minimum atomic E-state index is 0.0497. The smallest absolute Gasteiger partial charge is 0.218 e. The van der Waals surface area contributed by atoms with Gasteiger partial charge in [0.2, 0.25) is 5.88 Å². The van der Waals surface area contributed by atoms with Gasteiger partial charge in [-0.3, -0.25) is 0 Å². The Morgan fingerprint density at radius 2 is 2.10 bits per heavy atom. The molecule has 2 atom stereocenters. The summed E-state index contributed by atoms with van der Waals surface area (Å²) in [5, 5.41) is 3.41. The van der Waals surface area contributed by atoms with Crippen LogP contribution in [0, 0.1) is 6.92 Å². The van der Waals surface area contributed by atoms with Crippen LogP contribution in [0.2, 0.25) is 0 Å². The van der Waals surface area contributed by atoms with Crippen molar-refractivity contribution < 1.29 is 4.74 Å². The number of benzene rings is 1. The molecule has 0 radical (unpaired) electrons. The quantitative estimate of drug-likeness (QED) is 0.890. The molecule has 104 valence electrons. The van der Waals surface area contributed by atoms with E-state index in [1.165, 1.54) is 11.1 Å². The number of hydrogen-bond acceptors (Lipinski definition) is 5. The number of ether oxygens (including phenoxy) is 1. The van der Waals surface area contributed by atoms with Crippen molar-refractivity contribution >= 4 is 5.82 Å². The van der Waals surface area contributed by atoms with Crippen molar-refractivity contribution in [2.75, 3.05) is 12.4 Å². The molecular weight excluding hydrogens is 252 g/mol. The summed E-state index contributed by atoms with van der Waals surface area (Å²) in [5.74, 6) is 1.97. The second-order valence-electron chi connectivity index (χ2n) is 5.03. The number of hydrogen-bond donors (Lipinski definition) is 2. The van der Waals surface area contributed by atoms with Gasteiger partial charge in [-0.2, -0.15) is 4.98 Å². The first-order valence-corrected chi connectivity index (χ1v) is 6.67. The number of rotatable bonds is 3. The number of nitrogens with two attached hydrogens (primary N) is 1. The summed E-state index contributed by atoms with van der Waals surface area (Å²) in [7, 11) is 1.60. The molecule has 0 saturated heterocycles. The average molecular weight is 270 g/mol. The molecule has 0 bridgehead atoms. The lowest BCUT2D eigenvalue weighted by molar-refractivity contribution is 0.395. The number of aromatic nitrogens is 2. The van der Waals surface area contributed by atoms with E-state index in [1.54, 1.807) is 13.2 Å². The molecule has 1 aromatic heterocycles. The van der Waals surface area contributed by atoms with Gasteiger partial charge in [-0.15, -0.1) is 0 Å². The van der Waals surface area contributed by atoms with E-state index in [2.05, 4.69) is 27.4 Å². The Hall–Kier alpha value is -2.14. The number of methoxy groups -OCH3 is 1. The molecule has 5 heteroatoms.